The molecule has 0 bridgehead atoms. The predicted molar refractivity (Wildman–Crippen MR) is 125 cm³/mol. The monoisotopic (exact) mass is 512 g/mol. The van der Waals surface area contributed by atoms with Crippen LogP contribution in [0.2, 0.25) is 0 Å². The van der Waals surface area contributed by atoms with Gasteiger partial charge in [0.1, 0.15) is 0 Å². The number of hydrogen-bond acceptors (Lipinski definition) is 5. The Morgan fingerprint density at radius 2 is 2.00 bits per heavy atom. The fourth-order valence-corrected chi connectivity index (χ4v) is 3.57. The Morgan fingerprint density at radius 1 is 1.18 bits per heavy atom. The zero-order valence-corrected chi connectivity index (χ0v) is 20.1. The van der Waals surface area contributed by atoms with Gasteiger partial charge in [0.25, 0.3) is 0 Å². The van der Waals surface area contributed by atoms with Gasteiger partial charge < -0.3 is 29.7 Å². The number of methoxy groups -OCH3 is 1. The lowest BCUT2D eigenvalue weighted by atomic mass is 10.1. The van der Waals surface area contributed by atoms with Crippen LogP contribution >= 0.6 is 24.0 Å². The highest BCUT2D eigenvalue weighted by Crippen LogP contribution is 2.12. The van der Waals surface area contributed by atoms with Gasteiger partial charge in [0, 0.05) is 71.6 Å². The first-order valence-electron chi connectivity index (χ1n) is 10.7. The molecule has 0 saturated carbocycles. The van der Waals surface area contributed by atoms with Crippen molar-refractivity contribution in [3.8, 4) is 0 Å². The highest BCUT2D eigenvalue weighted by molar-refractivity contribution is 14.0. The van der Waals surface area contributed by atoms with Crippen LogP contribution in [0.3, 0.4) is 0 Å². The second-order valence-electron chi connectivity index (χ2n) is 7.53. The van der Waals surface area contributed by atoms with Crippen molar-refractivity contribution in [3.63, 3.8) is 0 Å². The van der Waals surface area contributed by atoms with Crippen molar-refractivity contribution in [1.82, 2.24) is 15.5 Å². The molecular weight excluding hydrogens is 471 g/mol. The largest absolute Gasteiger partial charge is 0.385 e. The number of piperidine rings is 1. The molecule has 2 fully saturated rings. The van der Waals surface area contributed by atoms with E-state index in [0.717, 1.165) is 91.0 Å². The van der Waals surface area contributed by atoms with Crippen molar-refractivity contribution in [2.24, 2.45) is 10.9 Å². The summed E-state index contributed by atoms with van der Waals surface area (Å²) in [6.45, 7) is 11.5. The molecule has 0 aromatic rings. The van der Waals surface area contributed by atoms with Gasteiger partial charge in [-0.25, -0.2) is 0 Å². The third-order valence-electron chi connectivity index (χ3n) is 5.19. The minimum atomic E-state index is 0. The zero-order chi connectivity index (χ0) is 19.2. The Bertz CT molecular complexity index is 401. The number of ether oxygens (including phenoxy) is 3. The average Bonchev–Trinajstić information content (AvgIpc) is 3.20. The lowest BCUT2D eigenvalue weighted by Gasteiger charge is -2.33. The smallest absolute Gasteiger partial charge is 0.191 e. The number of halogens is 1. The van der Waals surface area contributed by atoms with Gasteiger partial charge in [-0.05, 0) is 39.0 Å². The number of guanidine groups is 1. The summed E-state index contributed by atoms with van der Waals surface area (Å²) in [6.07, 6.45) is 5.56. The fourth-order valence-electron chi connectivity index (χ4n) is 3.57. The first-order valence-corrected chi connectivity index (χ1v) is 10.7. The summed E-state index contributed by atoms with van der Waals surface area (Å²) in [6, 6.07) is 0.514. The first-order chi connectivity index (χ1) is 13.3. The summed E-state index contributed by atoms with van der Waals surface area (Å²) in [7, 11) is 1.77. The number of nitrogens with one attached hydrogen (secondary N) is 2. The van der Waals surface area contributed by atoms with Gasteiger partial charge in [0.15, 0.2) is 5.96 Å². The molecule has 0 amide bonds. The maximum absolute atomic E-state index is 5.76. The van der Waals surface area contributed by atoms with E-state index in [9.17, 15) is 0 Å². The Morgan fingerprint density at radius 3 is 2.68 bits per heavy atom. The molecule has 0 aromatic carbocycles. The normalized spacial score (nSPS) is 21.5. The summed E-state index contributed by atoms with van der Waals surface area (Å²) in [5.74, 6) is 1.53. The number of likely N-dealkylation sites (tertiary alicyclic amines) is 1. The van der Waals surface area contributed by atoms with Crippen molar-refractivity contribution in [2.75, 3.05) is 72.9 Å². The molecule has 8 heteroatoms. The van der Waals surface area contributed by atoms with Crippen LogP contribution in [0.15, 0.2) is 4.99 Å². The van der Waals surface area contributed by atoms with E-state index in [2.05, 4.69) is 22.5 Å². The third-order valence-corrected chi connectivity index (χ3v) is 5.19. The quantitative estimate of drug-likeness (QED) is 0.181. The van der Waals surface area contributed by atoms with E-state index in [1.165, 1.54) is 12.8 Å². The van der Waals surface area contributed by atoms with Crippen LogP contribution in [0.1, 0.15) is 39.0 Å². The van der Waals surface area contributed by atoms with Crippen LogP contribution in [-0.2, 0) is 14.2 Å². The number of aliphatic imine (C=N–C) groups is 1. The fraction of sp³-hybridized carbons (Fsp3) is 0.950. The lowest BCUT2D eigenvalue weighted by molar-refractivity contribution is 0.0893. The second-order valence-corrected chi connectivity index (χ2v) is 7.53. The van der Waals surface area contributed by atoms with Crippen LogP contribution in [0.4, 0.5) is 0 Å². The lowest BCUT2D eigenvalue weighted by Crippen LogP contribution is -2.48. The summed E-state index contributed by atoms with van der Waals surface area (Å²) in [5, 5.41) is 6.98. The van der Waals surface area contributed by atoms with Crippen molar-refractivity contribution in [2.45, 2.75) is 45.1 Å². The first kappa shape index (κ1) is 25.9. The molecule has 2 rings (SSSR count). The minimum Gasteiger partial charge on any atom is -0.385 e. The SMILES string of the molecule is CCNC(=NCCCOCC1CCOC1)NC1CCN(CCCOC)CC1.I. The van der Waals surface area contributed by atoms with Gasteiger partial charge in [-0.2, -0.15) is 0 Å². The summed E-state index contributed by atoms with van der Waals surface area (Å²) in [5.41, 5.74) is 0. The molecule has 1 atom stereocenters. The molecule has 2 aliphatic rings. The highest BCUT2D eigenvalue weighted by Gasteiger charge is 2.19. The molecule has 2 N–H and O–H groups in total. The zero-order valence-electron chi connectivity index (χ0n) is 17.8. The number of rotatable bonds is 12. The molecular formula is C20H41IN4O3. The Balaban J connectivity index is 0.00000392. The number of nitrogens with zero attached hydrogens (tertiary/aromatic N) is 2. The van der Waals surface area contributed by atoms with Gasteiger partial charge in [-0.1, -0.05) is 0 Å². The van der Waals surface area contributed by atoms with Crippen molar-refractivity contribution < 1.29 is 14.2 Å². The molecule has 7 nitrogen and oxygen atoms in total. The van der Waals surface area contributed by atoms with Gasteiger partial charge >= 0.3 is 0 Å². The molecule has 0 spiro atoms. The third kappa shape index (κ3) is 11.1. The van der Waals surface area contributed by atoms with Crippen molar-refractivity contribution >= 4 is 29.9 Å². The standard InChI is InChI=1S/C20H40N4O3.HI/c1-3-21-20(22-9-4-14-26-16-18-8-15-27-17-18)23-19-6-11-24(12-7-19)10-5-13-25-2;/h18-19H,3-17H2,1-2H3,(H2,21,22,23);1H. The number of hydrogen-bond donors (Lipinski definition) is 2. The Hall–Kier alpha value is -0.160. The van der Waals surface area contributed by atoms with E-state index in [4.69, 9.17) is 19.2 Å². The second kappa shape index (κ2) is 16.6. The summed E-state index contributed by atoms with van der Waals surface area (Å²) < 4.78 is 16.3. The van der Waals surface area contributed by atoms with E-state index < -0.39 is 0 Å². The van der Waals surface area contributed by atoms with Gasteiger partial charge in [0.2, 0.25) is 0 Å². The van der Waals surface area contributed by atoms with Gasteiger partial charge in [-0.3, -0.25) is 4.99 Å². The highest BCUT2D eigenvalue weighted by atomic mass is 127. The minimum absolute atomic E-state index is 0. The van der Waals surface area contributed by atoms with Gasteiger partial charge in [-0.15, -0.1) is 24.0 Å². The maximum Gasteiger partial charge on any atom is 0.191 e. The van der Waals surface area contributed by atoms with Crippen LogP contribution in [0.25, 0.3) is 0 Å². The predicted octanol–water partition coefficient (Wildman–Crippen LogP) is 2.10. The average molecular weight is 512 g/mol. The molecule has 2 heterocycles. The molecule has 1 unspecified atom stereocenters. The van der Waals surface area contributed by atoms with Crippen molar-refractivity contribution in [3.05, 3.63) is 0 Å². The van der Waals surface area contributed by atoms with Crippen LogP contribution in [0.5, 0.6) is 0 Å². The van der Waals surface area contributed by atoms with E-state index in [-0.39, 0.29) is 24.0 Å². The van der Waals surface area contributed by atoms with Crippen LogP contribution in [-0.4, -0.2) is 89.8 Å². The molecule has 166 valence electrons. The van der Waals surface area contributed by atoms with Crippen molar-refractivity contribution in [1.29, 1.82) is 0 Å². The molecule has 2 aliphatic heterocycles. The Kier molecular flexibility index (Phi) is 15.4. The summed E-state index contributed by atoms with van der Waals surface area (Å²) in [4.78, 5) is 7.25. The Labute approximate surface area is 188 Å². The molecule has 0 aliphatic carbocycles. The van der Waals surface area contributed by atoms with E-state index >= 15 is 0 Å². The molecule has 2 saturated heterocycles. The van der Waals surface area contributed by atoms with Crippen LogP contribution in [0, 0.1) is 5.92 Å². The summed E-state index contributed by atoms with van der Waals surface area (Å²) >= 11 is 0. The van der Waals surface area contributed by atoms with Crippen LogP contribution < -0.4 is 10.6 Å². The van der Waals surface area contributed by atoms with E-state index in [0.29, 0.717) is 12.0 Å². The van der Waals surface area contributed by atoms with Gasteiger partial charge in [0.05, 0.1) is 13.2 Å². The maximum atomic E-state index is 5.76. The van der Waals surface area contributed by atoms with E-state index in [1.54, 1.807) is 7.11 Å². The topological polar surface area (TPSA) is 67.4 Å². The van der Waals surface area contributed by atoms with E-state index in [1.807, 2.05) is 0 Å². The molecule has 0 aromatic heterocycles. The molecule has 28 heavy (non-hydrogen) atoms. The molecule has 0 radical (unpaired) electrons.